The average Bonchev–Trinajstić information content (AvgIpc) is 2.89. The summed E-state index contributed by atoms with van der Waals surface area (Å²) in [6, 6.07) is 8.41. The van der Waals surface area contributed by atoms with Gasteiger partial charge in [0.25, 0.3) is 0 Å². The minimum Gasteiger partial charge on any atom is -0.507 e. The monoisotopic (exact) mass is 565 g/mol. The number of carbonyl (C=O) groups is 3. The molecule has 3 aliphatic carbocycles. The maximum Gasteiger partial charge on any atom is 0.230 e. The van der Waals surface area contributed by atoms with Crippen LogP contribution in [0.1, 0.15) is 56.1 Å². The molecule has 0 radical (unpaired) electrons. The van der Waals surface area contributed by atoms with E-state index in [-0.39, 0.29) is 23.7 Å². The summed E-state index contributed by atoms with van der Waals surface area (Å²) in [6.07, 6.45) is -4.42. The van der Waals surface area contributed by atoms with Gasteiger partial charge in [-0.25, -0.2) is 0 Å². The molecule has 218 valence electrons. The predicted molar refractivity (Wildman–Crippen MR) is 145 cm³/mol. The highest BCUT2D eigenvalue weighted by Gasteiger charge is 2.77. The van der Waals surface area contributed by atoms with Gasteiger partial charge in [-0.05, 0) is 42.0 Å². The second-order valence-corrected chi connectivity index (χ2v) is 12.9. The lowest BCUT2D eigenvalue weighted by Gasteiger charge is -2.67. The zero-order valence-corrected chi connectivity index (χ0v) is 23.5. The first kappa shape index (κ1) is 27.7. The average molecular weight is 566 g/mol. The van der Waals surface area contributed by atoms with Gasteiger partial charge in [0.05, 0.1) is 24.7 Å². The number of phenolic OH excluding ortho intramolecular Hbond substituents is 1. The second kappa shape index (κ2) is 8.53. The molecule has 10 heteroatoms. The van der Waals surface area contributed by atoms with Gasteiger partial charge in [0.2, 0.25) is 5.91 Å². The molecule has 2 fully saturated rings. The molecular formula is C31H35NO9. The number of amides is 1. The van der Waals surface area contributed by atoms with E-state index in [0.29, 0.717) is 28.2 Å². The molecule has 1 amide bonds. The van der Waals surface area contributed by atoms with Crippen molar-refractivity contribution in [2.24, 2.45) is 40.2 Å². The molecule has 41 heavy (non-hydrogen) atoms. The number of rotatable bonds is 3. The van der Waals surface area contributed by atoms with Crippen LogP contribution < -0.4 is 15.2 Å². The molecule has 0 aromatic heterocycles. The van der Waals surface area contributed by atoms with Crippen molar-refractivity contribution in [3.05, 3.63) is 41.5 Å². The molecule has 2 unspecified atom stereocenters. The summed E-state index contributed by atoms with van der Waals surface area (Å²) in [7, 11) is 1.53. The van der Waals surface area contributed by atoms with Crippen LogP contribution in [-0.2, 0) is 9.59 Å². The number of hydrogen-bond donors (Lipinski definition) is 5. The first-order valence-electron chi connectivity index (χ1n) is 13.8. The van der Waals surface area contributed by atoms with Crippen LogP contribution in [0.4, 0.5) is 0 Å². The predicted octanol–water partition coefficient (Wildman–Crippen LogP) is 2.14. The van der Waals surface area contributed by atoms with E-state index in [1.165, 1.54) is 13.2 Å². The van der Waals surface area contributed by atoms with E-state index in [2.05, 4.69) is 0 Å². The first-order chi connectivity index (χ1) is 19.1. The molecule has 0 bridgehead atoms. The standard InChI is InChI=1S/C31H35NO9/c1-12(2)21-24(35)20(28(32)38)25(36)31(39)26(37)22-23(34)19-16(33)9-8-15-14-7-6-13(40-5)10-17(14)41-27(18(15)19)29(22,3)11-30(21,31)4/h6-10,12,20-22,24,26-27,33,35,37,39H,11H2,1-5H3,(H2,32,38)/t20-,21+,22-,24?,26?,27-,29-,30-,31+/m1/s1. The largest absolute Gasteiger partial charge is 0.507 e. The number of primary amides is 1. The molecule has 1 aliphatic heterocycles. The van der Waals surface area contributed by atoms with Crippen LogP contribution in [0.5, 0.6) is 17.2 Å². The third-order valence-electron chi connectivity index (χ3n) is 10.5. The molecular weight excluding hydrogens is 530 g/mol. The van der Waals surface area contributed by atoms with Gasteiger partial charge >= 0.3 is 0 Å². The number of aromatic hydroxyl groups is 1. The van der Waals surface area contributed by atoms with Crippen molar-refractivity contribution in [1.29, 1.82) is 0 Å². The summed E-state index contributed by atoms with van der Waals surface area (Å²) in [5.41, 5.74) is 2.02. The third kappa shape index (κ3) is 3.15. The highest BCUT2D eigenvalue weighted by molar-refractivity contribution is 6.10. The number of phenols is 1. The number of carbonyl (C=O) groups excluding carboxylic acids is 3. The molecule has 10 nitrogen and oxygen atoms in total. The highest BCUT2D eigenvalue weighted by Crippen LogP contribution is 2.70. The van der Waals surface area contributed by atoms with Crippen LogP contribution in [0.2, 0.25) is 0 Å². The van der Waals surface area contributed by atoms with E-state index in [1.807, 2.05) is 0 Å². The van der Waals surface area contributed by atoms with E-state index in [1.54, 1.807) is 52.0 Å². The molecule has 0 saturated heterocycles. The smallest absolute Gasteiger partial charge is 0.230 e. The van der Waals surface area contributed by atoms with Gasteiger partial charge in [-0.15, -0.1) is 0 Å². The fourth-order valence-corrected chi connectivity index (χ4v) is 9.01. The van der Waals surface area contributed by atoms with Crippen LogP contribution in [0.15, 0.2) is 30.3 Å². The molecule has 9 atom stereocenters. The van der Waals surface area contributed by atoms with E-state index < -0.39 is 70.0 Å². The zero-order chi connectivity index (χ0) is 30.0. The van der Waals surface area contributed by atoms with Gasteiger partial charge < -0.3 is 35.6 Å². The lowest BCUT2D eigenvalue weighted by molar-refractivity contribution is -0.274. The van der Waals surface area contributed by atoms with Gasteiger partial charge in [0.1, 0.15) is 35.4 Å². The SMILES string of the molecule is COc1ccc2c(c1)O[C@@H]1c3c-2ccc(O)c3C(=O)[C@@H]2C(O)[C@@]3(O)C(=O)[C@H](C(N)=O)C(O)[C@H](C(C)C)[C@@]3(C)C[C@@]12C. The number of hydrogen-bond acceptors (Lipinski definition) is 9. The summed E-state index contributed by atoms with van der Waals surface area (Å²) in [5.74, 6) is -6.53. The Kier molecular flexibility index (Phi) is 5.76. The van der Waals surface area contributed by atoms with E-state index in [9.17, 15) is 34.8 Å². The van der Waals surface area contributed by atoms with Crippen molar-refractivity contribution in [3.8, 4) is 28.4 Å². The summed E-state index contributed by atoms with van der Waals surface area (Å²) >= 11 is 0. The minimum atomic E-state index is -2.60. The van der Waals surface area contributed by atoms with Crippen LogP contribution in [0.25, 0.3) is 11.1 Å². The third-order valence-corrected chi connectivity index (χ3v) is 10.5. The summed E-state index contributed by atoms with van der Waals surface area (Å²) in [5, 5.41) is 46.6. The normalized spacial score (nSPS) is 38.8. The number of ketones is 2. The Labute approximate surface area is 237 Å². The molecule has 6 N–H and O–H groups in total. The van der Waals surface area contributed by atoms with Crippen LogP contribution in [-0.4, -0.2) is 62.8 Å². The van der Waals surface area contributed by atoms with E-state index in [0.717, 1.165) is 0 Å². The number of methoxy groups -OCH3 is 1. The number of fused-ring (bicyclic) bond motifs is 5. The Morgan fingerprint density at radius 3 is 2.39 bits per heavy atom. The van der Waals surface area contributed by atoms with Crippen molar-refractivity contribution in [3.63, 3.8) is 0 Å². The second-order valence-electron chi connectivity index (χ2n) is 12.9. The van der Waals surface area contributed by atoms with Crippen LogP contribution >= 0.6 is 0 Å². The summed E-state index contributed by atoms with van der Waals surface area (Å²) in [6.45, 7) is 6.98. The van der Waals surface area contributed by atoms with Gasteiger partial charge in [-0.1, -0.05) is 33.8 Å². The molecule has 2 saturated carbocycles. The summed E-state index contributed by atoms with van der Waals surface area (Å²) in [4.78, 5) is 40.6. The van der Waals surface area contributed by atoms with Gasteiger partial charge in [0, 0.05) is 28.0 Å². The van der Waals surface area contributed by atoms with Crippen molar-refractivity contribution in [2.45, 2.75) is 58.0 Å². The Balaban J connectivity index is 1.63. The fourth-order valence-electron chi connectivity index (χ4n) is 9.01. The zero-order valence-electron chi connectivity index (χ0n) is 23.5. The van der Waals surface area contributed by atoms with E-state index in [4.69, 9.17) is 15.2 Å². The number of ether oxygens (including phenoxy) is 2. The Morgan fingerprint density at radius 1 is 1.12 bits per heavy atom. The molecule has 6 rings (SSSR count). The number of aliphatic hydroxyl groups is 3. The topological polar surface area (TPSA) is 177 Å². The highest BCUT2D eigenvalue weighted by atomic mass is 16.5. The number of aliphatic hydroxyl groups excluding tert-OH is 2. The Bertz CT molecular complexity index is 1520. The Hall–Kier alpha value is -3.47. The van der Waals surface area contributed by atoms with Crippen molar-refractivity contribution in [1.82, 2.24) is 0 Å². The van der Waals surface area contributed by atoms with Crippen molar-refractivity contribution < 1.29 is 44.3 Å². The van der Waals surface area contributed by atoms with Crippen LogP contribution in [0.3, 0.4) is 0 Å². The first-order valence-corrected chi connectivity index (χ1v) is 13.8. The van der Waals surface area contributed by atoms with Crippen molar-refractivity contribution in [2.75, 3.05) is 7.11 Å². The lowest BCUT2D eigenvalue weighted by atomic mass is 9.38. The number of nitrogens with two attached hydrogens (primary N) is 1. The number of Topliss-reactive ketones (excluding diaryl/α,β-unsaturated/α-hetero) is 2. The quantitative estimate of drug-likeness (QED) is 0.349. The molecule has 2 aromatic rings. The molecule has 2 aromatic carbocycles. The maximum absolute atomic E-state index is 14.3. The van der Waals surface area contributed by atoms with Gasteiger partial charge in [-0.3, -0.25) is 14.4 Å². The molecule has 4 aliphatic rings. The fraction of sp³-hybridized carbons (Fsp3) is 0.516. The Morgan fingerprint density at radius 2 is 1.78 bits per heavy atom. The van der Waals surface area contributed by atoms with E-state index >= 15 is 0 Å². The van der Waals surface area contributed by atoms with Gasteiger partial charge in [0.15, 0.2) is 17.2 Å². The minimum absolute atomic E-state index is 0.0282. The maximum atomic E-state index is 14.3. The molecule has 0 spiro atoms. The van der Waals surface area contributed by atoms with Gasteiger partial charge in [-0.2, -0.15) is 0 Å². The van der Waals surface area contributed by atoms with Crippen molar-refractivity contribution >= 4 is 17.5 Å². The summed E-state index contributed by atoms with van der Waals surface area (Å²) < 4.78 is 12.0. The molecule has 1 heterocycles. The number of benzene rings is 2. The van der Waals surface area contributed by atoms with Crippen LogP contribution in [0, 0.1) is 34.5 Å². The lowest BCUT2D eigenvalue weighted by Crippen LogP contribution is -2.79.